The van der Waals surface area contributed by atoms with Crippen molar-refractivity contribution in [2.45, 2.75) is 13.0 Å². The third kappa shape index (κ3) is 6.43. The number of aliphatic imine (C=N–C) groups is 1. The number of hydrogen-bond acceptors (Lipinski definition) is 4. The molecule has 4 N–H and O–H groups in total. The molecular weight excluding hydrogens is 433 g/mol. The molecule has 0 spiro atoms. The van der Waals surface area contributed by atoms with Crippen LogP contribution in [0.1, 0.15) is 11.1 Å². The van der Waals surface area contributed by atoms with E-state index in [9.17, 15) is 0 Å². The van der Waals surface area contributed by atoms with E-state index in [1.807, 2.05) is 30.3 Å². The Morgan fingerprint density at radius 3 is 2.36 bits per heavy atom. The first kappa shape index (κ1) is 21.0. The fraction of sp³-hybridized carbons (Fsp3) is 0.278. The van der Waals surface area contributed by atoms with Gasteiger partial charge in [-0.25, -0.2) is 0 Å². The number of anilines is 1. The average molecular weight is 457 g/mol. The lowest BCUT2D eigenvalue weighted by Crippen LogP contribution is -2.23. The Balaban J connectivity index is 0.00000312. The Labute approximate surface area is 165 Å². The molecule has 2 aromatic rings. The number of nitrogens with two attached hydrogens (primary N) is 1. The van der Waals surface area contributed by atoms with Gasteiger partial charge in [-0.2, -0.15) is 0 Å². The maximum atomic E-state index is 9.03. The predicted octanol–water partition coefficient (Wildman–Crippen LogP) is 2.78. The van der Waals surface area contributed by atoms with Crippen LogP contribution in [0.3, 0.4) is 0 Å². The quantitative estimate of drug-likeness (QED) is 0.338. The lowest BCUT2D eigenvalue weighted by atomic mass is 10.1. The van der Waals surface area contributed by atoms with Gasteiger partial charge in [-0.15, -0.1) is 24.0 Å². The smallest absolute Gasteiger partial charge is 0.193 e. The number of nitrogens with one attached hydrogen (secondary N) is 1. The molecule has 0 saturated heterocycles. The van der Waals surface area contributed by atoms with Crippen LogP contribution in [-0.4, -0.2) is 31.8 Å². The molecule has 6 nitrogen and oxygen atoms in total. The second kappa shape index (κ2) is 10.8. The molecule has 0 bridgehead atoms. The fourth-order valence-electron chi connectivity index (χ4n) is 2.21. The zero-order valence-corrected chi connectivity index (χ0v) is 16.7. The molecule has 0 aromatic heterocycles. The van der Waals surface area contributed by atoms with E-state index in [1.165, 1.54) is 0 Å². The lowest BCUT2D eigenvalue weighted by Gasteiger charge is -2.12. The topological polar surface area (TPSA) is 89.1 Å². The van der Waals surface area contributed by atoms with E-state index >= 15 is 0 Å². The third-order valence-electron chi connectivity index (χ3n) is 3.56. The molecule has 0 fully saturated rings. The minimum Gasteiger partial charge on any atom is -0.497 e. The van der Waals surface area contributed by atoms with Crippen LogP contribution in [0.2, 0.25) is 0 Å². The van der Waals surface area contributed by atoms with E-state index < -0.39 is 0 Å². The van der Waals surface area contributed by atoms with Gasteiger partial charge in [0.05, 0.1) is 26.5 Å². The highest BCUT2D eigenvalue weighted by Crippen LogP contribution is 2.28. The summed E-state index contributed by atoms with van der Waals surface area (Å²) in [7, 11) is 3.20. The highest BCUT2D eigenvalue weighted by Gasteiger charge is 2.06. The van der Waals surface area contributed by atoms with Crippen LogP contribution in [0.15, 0.2) is 47.5 Å². The van der Waals surface area contributed by atoms with Gasteiger partial charge in [-0.05, 0) is 29.7 Å². The van der Waals surface area contributed by atoms with E-state index in [4.69, 9.17) is 20.3 Å². The van der Waals surface area contributed by atoms with Gasteiger partial charge >= 0.3 is 0 Å². The molecule has 0 aliphatic rings. The first-order valence-corrected chi connectivity index (χ1v) is 7.64. The number of guanidine groups is 1. The molecule has 136 valence electrons. The van der Waals surface area contributed by atoms with Crippen LogP contribution in [-0.2, 0) is 13.0 Å². The molecule has 0 heterocycles. The maximum Gasteiger partial charge on any atom is 0.193 e. The van der Waals surface area contributed by atoms with Crippen molar-refractivity contribution in [3.05, 3.63) is 53.6 Å². The van der Waals surface area contributed by atoms with E-state index in [2.05, 4.69) is 10.3 Å². The lowest BCUT2D eigenvalue weighted by molar-refractivity contribution is 0.282. The van der Waals surface area contributed by atoms with Crippen LogP contribution in [0.5, 0.6) is 11.5 Å². The Hall–Kier alpha value is -2.00. The first-order valence-electron chi connectivity index (χ1n) is 7.64. The number of rotatable bonds is 7. The van der Waals surface area contributed by atoms with Gasteiger partial charge in [0.25, 0.3) is 0 Å². The van der Waals surface area contributed by atoms with Gasteiger partial charge in [-0.3, -0.25) is 4.99 Å². The minimum atomic E-state index is 0. The summed E-state index contributed by atoms with van der Waals surface area (Å²) in [5.74, 6) is 1.68. The van der Waals surface area contributed by atoms with E-state index in [1.54, 1.807) is 26.4 Å². The maximum absolute atomic E-state index is 9.03. The van der Waals surface area contributed by atoms with Crippen molar-refractivity contribution in [2.75, 3.05) is 26.1 Å². The summed E-state index contributed by atoms with van der Waals surface area (Å²) in [6.07, 6.45) is 0.767. The molecular formula is C18H24IN3O3. The first-order chi connectivity index (χ1) is 11.7. The van der Waals surface area contributed by atoms with E-state index in [0.717, 1.165) is 17.5 Å². The number of halogens is 1. The molecule has 0 atom stereocenters. The standard InChI is InChI=1S/C18H23N3O3.HI/c1-23-15-7-8-17(24-2)16(11-15)21-18(19)20-10-9-13-3-5-14(12-22)6-4-13;/h3-8,11,22H,9-10,12H2,1-2H3,(H3,19,20,21);1H. The predicted molar refractivity (Wildman–Crippen MR) is 111 cm³/mol. The zero-order valence-electron chi connectivity index (χ0n) is 14.4. The summed E-state index contributed by atoms with van der Waals surface area (Å²) in [5.41, 5.74) is 8.68. The van der Waals surface area contributed by atoms with Crippen LogP contribution < -0.4 is 20.5 Å². The Morgan fingerprint density at radius 1 is 1.08 bits per heavy atom. The van der Waals surface area contributed by atoms with Gasteiger partial charge in [0.2, 0.25) is 0 Å². The number of benzene rings is 2. The van der Waals surface area contributed by atoms with E-state index in [-0.39, 0.29) is 30.6 Å². The van der Waals surface area contributed by atoms with E-state index in [0.29, 0.717) is 29.7 Å². The number of methoxy groups -OCH3 is 2. The summed E-state index contributed by atoms with van der Waals surface area (Å²) in [6, 6.07) is 13.2. The summed E-state index contributed by atoms with van der Waals surface area (Å²) in [5, 5.41) is 12.1. The Bertz CT molecular complexity index is 690. The summed E-state index contributed by atoms with van der Waals surface area (Å²) in [4.78, 5) is 4.33. The van der Waals surface area contributed by atoms with Crippen LogP contribution in [0, 0.1) is 0 Å². The highest BCUT2D eigenvalue weighted by molar-refractivity contribution is 14.0. The normalized spacial score (nSPS) is 10.8. The summed E-state index contributed by atoms with van der Waals surface area (Å²) >= 11 is 0. The Kier molecular flexibility index (Phi) is 9.07. The van der Waals surface area contributed by atoms with Crippen molar-refractivity contribution in [2.24, 2.45) is 10.7 Å². The van der Waals surface area contributed by atoms with Gasteiger partial charge < -0.3 is 25.6 Å². The van der Waals surface area contributed by atoms with Crippen molar-refractivity contribution in [3.8, 4) is 11.5 Å². The average Bonchev–Trinajstić information content (AvgIpc) is 2.62. The molecule has 0 radical (unpaired) electrons. The zero-order chi connectivity index (χ0) is 17.4. The van der Waals surface area contributed by atoms with Gasteiger partial charge in [0.1, 0.15) is 11.5 Å². The Morgan fingerprint density at radius 2 is 1.76 bits per heavy atom. The van der Waals surface area contributed by atoms with Crippen molar-refractivity contribution in [1.82, 2.24) is 0 Å². The number of aliphatic hydroxyl groups excluding tert-OH is 1. The SMILES string of the molecule is COc1ccc(OC)c(NC(N)=NCCc2ccc(CO)cc2)c1.I. The largest absolute Gasteiger partial charge is 0.497 e. The number of hydrogen-bond donors (Lipinski definition) is 3. The minimum absolute atomic E-state index is 0. The second-order valence-electron chi connectivity index (χ2n) is 5.18. The van der Waals surface area contributed by atoms with Crippen molar-refractivity contribution >= 4 is 35.6 Å². The third-order valence-corrected chi connectivity index (χ3v) is 3.56. The highest BCUT2D eigenvalue weighted by atomic mass is 127. The van der Waals surface area contributed by atoms with Crippen molar-refractivity contribution in [3.63, 3.8) is 0 Å². The van der Waals surface area contributed by atoms with Crippen molar-refractivity contribution in [1.29, 1.82) is 0 Å². The van der Waals surface area contributed by atoms with Gasteiger partial charge in [0.15, 0.2) is 5.96 Å². The monoisotopic (exact) mass is 457 g/mol. The summed E-state index contributed by atoms with van der Waals surface area (Å²) in [6.45, 7) is 0.612. The van der Waals surface area contributed by atoms with Crippen molar-refractivity contribution < 1.29 is 14.6 Å². The molecule has 7 heteroatoms. The fourth-order valence-corrected chi connectivity index (χ4v) is 2.21. The van der Waals surface area contributed by atoms with Crippen LogP contribution in [0.4, 0.5) is 5.69 Å². The molecule has 25 heavy (non-hydrogen) atoms. The number of nitrogens with zero attached hydrogens (tertiary/aromatic N) is 1. The number of aliphatic hydroxyl groups is 1. The molecule has 0 aliphatic heterocycles. The van der Waals surface area contributed by atoms with Gasteiger partial charge in [-0.1, -0.05) is 24.3 Å². The van der Waals surface area contributed by atoms with Crippen LogP contribution in [0.25, 0.3) is 0 Å². The molecule has 0 unspecified atom stereocenters. The van der Waals surface area contributed by atoms with Crippen LogP contribution >= 0.6 is 24.0 Å². The number of ether oxygens (including phenoxy) is 2. The molecule has 2 aromatic carbocycles. The second-order valence-corrected chi connectivity index (χ2v) is 5.18. The van der Waals surface area contributed by atoms with Gasteiger partial charge in [0, 0.05) is 12.6 Å². The molecule has 2 rings (SSSR count). The molecule has 0 saturated carbocycles. The molecule has 0 amide bonds. The summed E-state index contributed by atoms with van der Waals surface area (Å²) < 4.78 is 10.5. The molecule has 0 aliphatic carbocycles.